The van der Waals surface area contributed by atoms with Crippen LogP contribution in [0.4, 0.5) is 0 Å². The van der Waals surface area contributed by atoms with E-state index in [4.69, 9.17) is 10.00 Å². The van der Waals surface area contributed by atoms with Gasteiger partial charge in [0.25, 0.3) is 0 Å². The van der Waals surface area contributed by atoms with E-state index >= 15 is 0 Å². The Labute approximate surface area is 127 Å². The van der Waals surface area contributed by atoms with Crippen molar-refractivity contribution < 1.29 is 9.53 Å². The average molecular weight is 292 g/mol. The number of aromatic nitrogens is 2. The van der Waals surface area contributed by atoms with Crippen LogP contribution < -0.4 is 0 Å². The van der Waals surface area contributed by atoms with Crippen molar-refractivity contribution in [3.05, 3.63) is 58.5 Å². The lowest BCUT2D eigenvalue weighted by Gasteiger charge is -1.98. The van der Waals surface area contributed by atoms with E-state index < -0.39 is 5.97 Å². The summed E-state index contributed by atoms with van der Waals surface area (Å²) in [5.74, 6) is -0.259. The van der Waals surface area contributed by atoms with Crippen LogP contribution in [0.2, 0.25) is 0 Å². The first-order valence-corrected chi connectivity index (χ1v) is 6.60. The van der Waals surface area contributed by atoms with E-state index in [1.807, 2.05) is 26.2 Å². The highest BCUT2D eigenvalue weighted by atomic mass is 16.6. The van der Waals surface area contributed by atoms with Gasteiger partial charge in [-0.3, -0.25) is 4.68 Å². The third kappa shape index (κ3) is 2.52. The van der Waals surface area contributed by atoms with Crippen molar-refractivity contribution in [3.8, 4) is 6.07 Å². The van der Waals surface area contributed by atoms with E-state index in [-0.39, 0.29) is 11.6 Å². The first kappa shape index (κ1) is 13.8. The number of nitriles is 1. The fraction of sp³-hybridized carbons (Fsp3) is 0.125. The van der Waals surface area contributed by atoms with E-state index in [1.165, 1.54) is 0 Å². The number of aryl methyl sites for hydroxylation is 2. The summed E-state index contributed by atoms with van der Waals surface area (Å²) in [6.07, 6.45) is 3.46. The third-order valence-electron chi connectivity index (χ3n) is 3.23. The standard InChI is InChI=1S/C16H12N4O2/c1-10-13(9-20(2)19-10)7-14-16(21)22-15(18-14)12-5-3-11(8-17)4-6-12/h3-7,9H,1-2H3/b14-7+. The Morgan fingerprint density at radius 1 is 1.32 bits per heavy atom. The SMILES string of the molecule is Cc1nn(C)cc1/C=C1/N=C(c2ccc(C#N)cc2)OC1=O. The van der Waals surface area contributed by atoms with Crippen LogP contribution in [0.5, 0.6) is 0 Å². The summed E-state index contributed by atoms with van der Waals surface area (Å²) in [5, 5.41) is 13.0. The Bertz CT molecular complexity index is 851. The Morgan fingerprint density at radius 3 is 2.64 bits per heavy atom. The van der Waals surface area contributed by atoms with Crippen molar-refractivity contribution >= 4 is 17.9 Å². The molecule has 6 nitrogen and oxygen atoms in total. The molecule has 6 heteroatoms. The smallest absolute Gasteiger partial charge is 0.363 e. The molecule has 2 aromatic rings. The van der Waals surface area contributed by atoms with Gasteiger partial charge in [0.15, 0.2) is 5.70 Å². The third-order valence-corrected chi connectivity index (χ3v) is 3.23. The van der Waals surface area contributed by atoms with Gasteiger partial charge < -0.3 is 4.74 Å². The van der Waals surface area contributed by atoms with Gasteiger partial charge in [0, 0.05) is 24.4 Å². The van der Waals surface area contributed by atoms with Crippen LogP contribution in [-0.2, 0) is 16.6 Å². The highest BCUT2D eigenvalue weighted by Crippen LogP contribution is 2.20. The van der Waals surface area contributed by atoms with Crippen LogP contribution in [0, 0.1) is 18.3 Å². The number of nitrogens with zero attached hydrogens (tertiary/aromatic N) is 4. The molecule has 0 unspecified atom stereocenters. The van der Waals surface area contributed by atoms with Crippen molar-refractivity contribution in [1.29, 1.82) is 5.26 Å². The number of aliphatic imine (C=N–C) groups is 1. The molecule has 0 aliphatic carbocycles. The molecule has 22 heavy (non-hydrogen) atoms. The Balaban J connectivity index is 1.94. The molecule has 1 aliphatic heterocycles. The monoisotopic (exact) mass is 292 g/mol. The molecule has 0 radical (unpaired) electrons. The minimum Gasteiger partial charge on any atom is -0.402 e. The highest BCUT2D eigenvalue weighted by molar-refractivity contribution is 6.12. The molecule has 0 N–H and O–H groups in total. The largest absolute Gasteiger partial charge is 0.402 e. The van der Waals surface area contributed by atoms with Gasteiger partial charge in [-0.2, -0.15) is 10.4 Å². The number of hydrogen-bond donors (Lipinski definition) is 0. The van der Waals surface area contributed by atoms with Crippen molar-refractivity contribution in [2.75, 3.05) is 0 Å². The number of esters is 1. The fourth-order valence-corrected chi connectivity index (χ4v) is 2.13. The molecule has 0 bridgehead atoms. The minimum absolute atomic E-state index is 0.232. The molecule has 0 saturated carbocycles. The topological polar surface area (TPSA) is 80.3 Å². The van der Waals surface area contributed by atoms with E-state index in [1.54, 1.807) is 35.0 Å². The number of ether oxygens (including phenoxy) is 1. The molecule has 108 valence electrons. The number of hydrogen-bond acceptors (Lipinski definition) is 5. The van der Waals surface area contributed by atoms with Crippen molar-refractivity contribution in [3.63, 3.8) is 0 Å². The van der Waals surface area contributed by atoms with Crippen LogP contribution in [0.3, 0.4) is 0 Å². The van der Waals surface area contributed by atoms with E-state index in [9.17, 15) is 4.79 Å². The summed E-state index contributed by atoms with van der Waals surface area (Å²) in [6.45, 7) is 1.86. The van der Waals surface area contributed by atoms with Crippen LogP contribution in [0.25, 0.3) is 6.08 Å². The summed E-state index contributed by atoms with van der Waals surface area (Å²) in [6, 6.07) is 8.73. The number of rotatable bonds is 2. The predicted molar refractivity (Wildman–Crippen MR) is 79.7 cm³/mol. The predicted octanol–water partition coefficient (Wildman–Crippen LogP) is 1.94. The molecular formula is C16H12N4O2. The molecule has 0 atom stereocenters. The number of cyclic esters (lactones) is 1. The van der Waals surface area contributed by atoms with Gasteiger partial charge in [0.2, 0.25) is 5.90 Å². The molecule has 1 aliphatic rings. The Kier molecular flexibility index (Phi) is 3.31. The maximum atomic E-state index is 11.9. The second kappa shape index (κ2) is 5.30. The average Bonchev–Trinajstić information content (AvgIpc) is 3.02. The zero-order chi connectivity index (χ0) is 15.7. The normalized spacial score (nSPS) is 15.6. The molecule has 3 rings (SSSR count). The van der Waals surface area contributed by atoms with E-state index in [0.29, 0.717) is 11.1 Å². The summed E-state index contributed by atoms with van der Waals surface area (Å²) < 4.78 is 6.86. The number of carbonyl (C=O) groups is 1. The molecule has 0 spiro atoms. The highest BCUT2D eigenvalue weighted by Gasteiger charge is 2.24. The first-order valence-electron chi connectivity index (χ1n) is 6.60. The molecule has 2 heterocycles. The van der Waals surface area contributed by atoms with Gasteiger partial charge in [-0.05, 0) is 37.3 Å². The molecular weight excluding hydrogens is 280 g/mol. The lowest BCUT2D eigenvalue weighted by Crippen LogP contribution is -2.05. The summed E-state index contributed by atoms with van der Waals surface area (Å²) in [7, 11) is 1.81. The lowest BCUT2D eigenvalue weighted by molar-refractivity contribution is -0.129. The van der Waals surface area contributed by atoms with E-state index in [0.717, 1.165) is 11.3 Å². The van der Waals surface area contributed by atoms with E-state index in [2.05, 4.69) is 10.1 Å². The molecule has 1 aromatic heterocycles. The molecule has 0 saturated heterocycles. The van der Waals surface area contributed by atoms with Gasteiger partial charge in [-0.1, -0.05) is 0 Å². The van der Waals surface area contributed by atoms with Crippen molar-refractivity contribution in [1.82, 2.24) is 9.78 Å². The lowest BCUT2D eigenvalue weighted by atomic mass is 10.1. The minimum atomic E-state index is -0.498. The zero-order valence-electron chi connectivity index (χ0n) is 12.1. The second-order valence-electron chi connectivity index (χ2n) is 4.87. The van der Waals surface area contributed by atoms with Crippen LogP contribution in [0.1, 0.15) is 22.4 Å². The molecule has 0 fully saturated rings. The Morgan fingerprint density at radius 2 is 2.05 bits per heavy atom. The van der Waals surface area contributed by atoms with Gasteiger partial charge in [-0.15, -0.1) is 0 Å². The summed E-state index contributed by atoms with van der Waals surface area (Å²) in [5.41, 5.74) is 3.05. The number of benzene rings is 1. The fourth-order valence-electron chi connectivity index (χ4n) is 2.13. The van der Waals surface area contributed by atoms with Crippen molar-refractivity contribution in [2.45, 2.75) is 6.92 Å². The van der Waals surface area contributed by atoms with Crippen LogP contribution >= 0.6 is 0 Å². The Hall–Kier alpha value is -3.20. The van der Waals surface area contributed by atoms with Crippen molar-refractivity contribution in [2.24, 2.45) is 12.0 Å². The van der Waals surface area contributed by atoms with Gasteiger partial charge >= 0.3 is 5.97 Å². The molecule has 0 amide bonds. The van der Waals surface area contributed by atoms with Gasteiger partial charge in [0.05, 0.1) is 17.3 Å². The number of carbonyl (C=O) groups excluding carboxylic acids is 1. The maximum Gasteiger partial charge on any atom is 0.363 e. The quantitative estimate of drug-likeness (QED) is 0.626. The summed E-state index contributed by atoms with van der Waals surface area (Å²) in [4.78, 5) is 16.1. The first-order chi connectivity index (χ1) is 10.6. The summed E-state index contributed by atoms with van der Waals surface area (Å²) >= 11 is 0. The second-order valence-corrected chi connectivity index (χ2v) is 4.87. The molecule has 1 aromatic carbocycles. The zero-order valence-corrected chi connectivity index (χ0v) is 12.1. The van der Waals surface area contributed by atoms with Crippen LogP contribution in [0.15, 0.2) is 41.2 Å². The van der Waals surface area contributed by atoms with Crippen LogP contribution in [-0.4, -0.2) is 21.6 Å². The maximum absolute atomic E-state index is 11.9. The van der Waals surface area contributed by atoms with Gasteiger partial charge in [0.1, 0.15) is 0 Å². The van der Waals surface area contributed by atoms with Gasteiger partial charge in [-0.25, -0.2) is 9.79 Å².